The number of carbonyl (C=O) groups is 1. The molecule has 4 nitrogen and oxygen atoms in total. The molecule has 0 aliphatic carbocycles. The largest absolute Gasteiger partial charge is 0.507 e. The Balaban J connectivity index is 2.45. The molecule has 0 aliphatic rings. The lowest BCUT2D eigenvalue weighted by Gasteiger charge is -2.10. The summed E-state index contributed by atoms with van der Waals surface area (Å²) in [7, 11) is 4.04. The third kappa shape index (κ3) is 4.00. The van der Waals surface area contributed by atoms with Crippen LogP contribution in [0, 0.1) is 0 Å². The van der Waals surface area contributed by atoms with E-state index in [1.54, 1.807) is 12.1 Å². The van der Waals surface area contributed by atoms with Crippen molar-refractivity contribution >= 4 is 6.29 Å². The second-order valence-corrected chi connectivity index (χ2v) is 3.99. The fourth-order valence-electron chi connectivity index (χ4n) is 1.34. The van der Waals surface area contributed by atoms with Crippen LogP contribution in [0.5, 0.6) is 5.75 Å². The van der Waals surface area contributed by atoms with Gasteiger partial charge in [0.05, 0.1) is 5.56 Å². The molecule has 1 aromatic rings. The van der Waals surface area contributed by atoms with Gasteiger partial charge in [0.2, 0.25) is 0 Å². The van der Waals surface area contributed by atoms with E-state index < -0.39 is 0 Å². The third-order valence-corrected chi connectivity index (χ3v) is 2.28. The Bertz CT molecular complexity index is 351. The molecule has 0 aliphatic heterocycles. The summed E-state index contributed by atoms with van der Waals surface area (Å²) < 4.78 is 0. The molecule has 0 heterocycles. The molecule has 2 N–H and O–H groups in total. The van der Waals surface area contributed by atoms with E-state index in [9.17, 15) is 9.90 Å². The molecular weight excluding hydrogens is 204 g/mol. The number of nitrogens with one attached hydrogen (secondary N) is 1. The first-order valence-electron chi connectivity index (χ1n) is 5.26. The van der Waals surface area contributed by atoms with Crippen LogP contribution in [0.1, 0.15) is 15.9 Å². The Labute approximate surface area is 95.9 Å². The van der Waals surface area contributed by atoms with E-state index in [1.165, 1.54) is 0 Å². The summed E-state index contributed by atoms with van der Waals surface area (Å²) in [6, 6.07) is 5.06. The average Bonchev–Trinajstić information content (AvgIpc) is 2.26. The molecular formula is C12H18N2O2. The number of nitrogens with zero attached hydrogens (tertiary/aromatic N) is 1. The van der Waals surface area contributed by atoms with Crippen LogP contribution in [0.15, 0.2) is 18.2 Å². The van der Waals surface area contributed by atoms with Crippen molar-refractivity contribution in [2.24, 2.45) is 0 Å². The number of phenols is 1. The molecule has 0 unspecified atom stereocenters. The number of phenolic OH excluding ortho intramolecular Hbond substituents is 1. The molecule has 4 heteroatoms. The molecule has 0 amide bonds. The van der Waals surface area contributed by atoms with Crippen LogP contribution < -0.4 is 5.32 Å². The molecule has 0 atom stereocenters. The fourth-order valence-corrected chi connectivity index (χ4v) is 1.34. The van der Waals surface area contributed by atoms with Crippen molar-refractivity contribution in [1.29, 1.82) is 0 Å². The predicted molar refractivity (Wildman–Crippen MR) is 63.8 cm³/mol. The summed E-state index contributed by atoms with van der Waals surface area (Å²) in [6.07, 6.45) is 0.665. The minimum absolute atomic E-state index is 0.0343. The second-order valence-electron chi connectivity index (χ2n) is 3.99. The van der Waals surface area contributed by atoms with E-state index in [-0.39, 0.29) is 5.75 Å². The van der Waals surface area contributed by atoms with Gasteiger partial charge in [-0.15, -0.1) is 0 Å². The Morgan fingerprint density at radius 3 is 2.81 bits per heavy atom. The Morgan fingerprint density at radius 2 is 2.19 bits per heavy atom. The third-order valence-electron chi connectivity index (χ3n) is 2.28. The summed E-state index contributed by atoms with van der Waals surface area (Å²) in [5.74, 6) is 0.0343. The lowest BCUT2D eigenvalue weighted by Crippen LogP contribution is -2.26. The monoisotopic (exact) mass is 222 g/mol. The van der Waals surface area contributed by atoms with Crippen LogP contribution in [0.4, 0.5) is 0 Å². The zero-order valence-corrected chi connectivity index (χ0v) is 9.73. The van der Waals surface area contributed by atoms with Crippen molar-refractivity contribution < 1.29 is 9.90 Å². The number of benzene rings is 1. The molecule has 0 fully saturated rings. The smallest absolute Gasteiger partial charge is 0.153 e. The Kier molecular flexibility index (Phi) is 4.95. The zero-order valence-electron chi connectivity index (χ0n) is 9.73. The van der Waals surface area contributed by atoms with Gasteiger partial charge in [-0.05, 0) is 31.8 Å². The van der Waals surface area contributed by atoms with Gasteiger partial charge in [-0.2, -0.15) is 0 Å². The first-order valence-corrected chi connectivity index (χ1v) is 5.26. The van der Waals surface area contributed by atoms with Gasteiger partial charge in [0.15, 0.2) is 6.29 Å². The lowest BCUT2D eigenvalue weighted by molar-refractivity contribution is 0.112. The maximum atomic E-state index is 10.6. The van der Waals surface area contributed by atoms with E-state index >= 15 is 0 Å². The highest BCUT2D eigenvalue weighted by Crippen LogP contribution is 2.16. The molecule has 0 bridgehead atoms. The minimum atomic E-state index is 0.0343. The molecule has 88 valence electrons. The highest BCUT2D eigenvalue weighted by atomic mass is 16.3. The van der Waals surface area contributed by atoms with Gasteiger partial charge in [-0.25, -0.2) is 0 Å². The van der Waals surface area contributed by atoms with E-state index in [2.05, 4.69) is 10.2 Å². The van der Waals surface area contributed by atoms with Gasteiger partial charge >= 0.3 is 0 Å². The van der Waals surface area contributed by atoms with Crippen LogP contribution in [-0.2, 0) is 6.54 Å². The standard InChI is InChI=1S/C12H18N2O2/c1-14(2)6-5-13-8-10-3-4-12(16)11(7-10)9-15/h3-4,7,9,13,16H,5-6,8H2,1-2H3. The van der Waals surface area contributed by atoms with Crippen molar-refractivity contribution in [2.75, 3.05) is 27.2 Å². The summed E-state index contributed by atoms with van der Waals surface area (Å²) in [5, 5.41) is 12.6. The number of hydrogen-bond acceptors (Lipinski definition) is 4. The van der Waals surface area contributed by atoms with Gasteiger partial charge in [-0.3, -0.25) is 4.79 Å². The maximum Gasteiger partial charge on any atom is 0.153 e. The topological polar surface area (TPSA) is 52.6 Å². The Hall–Kier alpha value is -1.39. The number of aromatic hydroxyl groups is 1. The number of rotatable bonds is 6. The molecule has 0 saturated heterocycles. The average molecular weight is 222 g/mol. The molecule has 0 aromatic heterocycles. The van der Waals surface area contributed by atoms with Gasteiger partial charge in [0.25, 0.3) is 0 Å². The quantitative estimate of drug-likeness (QED) is 0.553. The van der Waals surface area contributed by atoms with Gasteiger partial charge in [0, 0.05) is 19.6 Å². The molecule has 1 rings (SSSR count). The number of hydrogen-bond donors (Lipinski definition) is 2. The fraction of sp³-hybridized carbons (Fsp3) is 0.417. The number of carbonyl (C=O) groups excluding carboxylic acids is 1. The van der Waals surface area contributed by atoms with Crippen LogP contribution in [-0.4, -0.2) is 43.5 Å². The molecule has 16 heavy (non-hydrogen) atoms. The van der Waals surface area contributed by atoms with E-state index in [4.69, 9.17) is 0 Å². The maximum absolute atomic E-state index is 10.6. The second kappa shape index (κ2) is 6.25. The van der Waals surface area contributed by atoms with E-state index in [1.807, 2.05) is 20.2 Å². The summed E-state index contributed by atoms with van der Waals surface area (Å²) in [5.41, 5.74) is 1.34. The molecule has 0 saturated carbocycles. The normalized spacial score (nSPS) is 10.7. The first-order chi connectivity index (χ1) is 7.63. The van der Waals surface area contributed by atoms with E-state index in [0.717, 1.165) is 18.7 Å². The van der Waals surface area contributed by atoms with Crippen molar-refractivity contribution in [2.45, 2.75) is 6.54 Å². The predicted octanol–water partition coefficient (Wildman–Crippen LogP) is 0.856. The van der Waals surface area contributed by atoms with Crippen LogP contribution >= 0.6 is 0 Å². The van der Waals surface area contributed by atoms with Crippen LogP contribution in [0.2, 0.25) is 0 Å². The summed E-state index contributed by atoms with van der Waals surface area (Å²) >= 11 is 0. The number of likely N-dealkylation sites (N-methyl/N-ethyl adjacent to an activating group) is 1. The highest BCUT2D eigenvalue weighted by Gasteiger charge is 2.01. The van der Waals surface area contributed by atoms with Gasteiger partial charge < -0.3 is 15.3 Å². The molecule has 0 spiro atoms. The van der Waals surface area contributed by atoms with Crippen LogP contribution in [0.25, 0.3) is 0 Å². The zero-order chi connectivity index (χ0) is 12.0. The van der Waals surface area contributed by atoms with Crippen LogP contribution in [0.3, 0.4) is 0 Å². The first kappa shape index (κ1) is 12.7. The highest BCUT2D eigenvalue weighted by molar-refractivity contribution is 5.79. The lowest BCUT2D eigenvalue weighted by atomic mass is 10.1. The Morgan fingerprint density at radius 1 is 1.44 bits per heavy atom. The van der Waals surface area contributed by atoms with Crippen molar-refractivity contribution in [3.63, 3.8) is 0 Å². The van der Waals surface area contributed by atoms with Gasteiger partial charge in [-0.1, -0.05) is 6.07 Å². The summed E-state index contributed by atoms with van der Waals surface area (Å²) in [4.78, 5) is 12.7. The SMILES string of the molecule is CN(C)CCNCc1ccc(O)c(C=O)c1. The molecule has 0 radical (unpaired) electrons. The number of aldehydes is 1. The van der Waals surface area contributed by atoms with Crippen molar-refractivity contribution in [3.8, 4) is 5.75 Å². The molecule has 1 aromatic carbocycles. The van der Waals surface area contributed by atoms with Crippen molar-refractivity contribution in [3.05, 3.63) is 29.3 Å². The van der Waals surface area contributed by atoms with Crippen molar-refractivity contribution in [1.82, 2.24) is 10.2 Å². The van der Waals surface area contributed by atoms with E-state index in [0.29, 0.717) is 18.4 Å². The minimum Gasteiger partial charge on any atom is -0.507 e. The summed E-state index contributed by atoms with van der Waals surface area (Å²) in [6.45, 7) is 2.57. The van der Waals surface area contributed by atoms with Gasteiger partial charge in [0.1, 0.15) is 5.75 Å².